The van der Waals surface area contributed by atoms with Crippen molar-refractivity contribution in [3.05, 3.63) is 240 Å². The van der Waals surface area contributed by atoms with Gasteiger partial charge in [-0.3, -0.25) is 0 Å². The zero-order valence-electron chi connectivity index (χ0n) is 33.5. The standard InChI is InChI=1S/C58H35N3O/c59-36-37-23-25-38(26-24-37)43-30-31-44(46-18-8-7-17-45(43)46)41-27-29-48-47-19-9-10-20-49(47)58(51(48)33-41)50-21-11-12-22-55(50)62-56-32-28-42(34-52(56)58)57-60-53(39-13-3-1-4-14-39)35-54(61-57)40-15-5-2-6-16-40/h1-35H. The summed E-state index contributed by atoms with van der Waals surface area (Å²) in [4.78, 5) is 10.5. The van der Waals surface area contributed by atoms with E-state index in [1.54, 1.807) is 0 Å². The predicted octanol–water partition coefficient (Wildman–Crippen LogP) is 14.3. The molecule has 0 amide bonds. The van der Waals surface area contributed by atoms with Gasteiger partial charge in [0.2, 0.25) is 0 Å². The topological polar surface area (TPSA) is 58.8 Å². The van der Waals surface area contributed by atoms with Crippen LogP contribution in [0.2, 0.25) is 0 Å². The molecule has 0 N–H and O–H groups in total. The van der Waals surface area contributed by atoms with Gasteiger partial charge in [0.05, 0.1) is 28.4 Å². The van der Waals surface area contributed by atoms with Crippen LogP contribution in [0.1, 0.15) is 27.8 Å². The Balaban J connectivity index is 1.09. The molecule has 0 fully saturated rings. The molecule has 0 saturated heterocycles. The van der Waals surface area contributed by atoms with Gasteiger partial charge in [-0.1, -0.05) is 164 Å². The van der Waals surface area contributed by atoms with Gasteiger partial charge in [0.1, 0.15) is 11.5 Å². The van der Waals surface area contributed by atoms with E-state index < -0.39 is 5.41 Å². The number of aromatic nitrogens is 2. The lowest BCUT2D eigenvalue weighted by Crippen LogP contribution is -2.32. The van der Waals surface area contributed by atoms with Gasteiger partial charge in [0, 0.05) is 27.8 Å². The van der Waals surface area contributed by atoms with Gasteiger partial charge in [-0.15, -0.1) is 0 Å². The summed E-state index contributed by atoms with van der Waals surface area (Å²) in [6.45, 7) is 0. The first-order valence-corrected chi connectivity index (χ1v) is 20.9. The number of hydrogen-bond acceptors (Lipinski definition) is 4. The fourth-order valence-corrected chi connectivity index (χ4v) is 9.82. The van der Waals surface area contributed by atoms with Gasteiger partial charge in [-0.25, -0.2) is 9.97 Å². The van der Waals surface area contributed by atoms with E-state index in [0.717, 1.165) is 78.3 Å². The summed E-state index contributed by atoms with van der Waals surface area (Å²) in [6.07, 6.45) is 0. The largest absolute Gasteiger partial charge is 0.457 e. The summed E-state index contributed by atoms with van der Waals surface area (Å²) in [7, 11) is 0. The highest BCUT2D eigenvalue weighted by Gasteiger charge is 2.51. The van der Waals surface area contributed by atoms with Crippen LogP contribution in [0.4, 0.5) is 0 Å². The van der Waals surface area contributed by atoms with Crippen molar-refractivity contribution in [1.82, 2.24) is 9.97 Å². The Morgan fingerprint density at radius 2 is 0.887 bits per heavy atom. The highest BCUT2D eigenvalue weighted by molar-refractivity contribution is 6.05. The molecule has 1 aliphatic carbocycles. The number of ether oxygens (including phenoxy) is 1. The van der Waals surface area contributed by atoms with E-state index in [1.807, 2.05) is 60.7 Å². The van der Waals surface area contributed by atoms with Gasteiger partial charge in [0.25, 0.3) is 0 Å². The van der Waals surface area contributed by atoms with Crippen LogP contribution < -0.4 is 4.74 Å². The SMILES string of the molecule is N#Cc1ccc(-c2ccc(-c3ccc4c(c3)C3(c5ccccc5Oc5ccc(-c6nc(-c7ccccc7)cc(-c7ccccc7)n6)cc53)c3ccccc3-4)c3ccccc23)cc1. The zero-order chi connectivity index (χ0) is 41.2. The van der Waals surface area contributed by atoms with Crippen molar-refractivity contribution >= 4 is 10.8 Å². The minimum atomic E-state index is -0.709. The molecule has 1 unspecified atom stereocenters. The van der Waals surface area contributed by atoms with Crippen molar-refractivity contribution in [2.45, 2.75) is 5.41 Å². The molecular formula is C58H35N3O. The molecular weight excluding hydrogens is 755 g/mol. The molecule has 4 heteroatoms. The maximum atomic E-state index is 9.46. The first kappa shape index (κ1) is 35.5. The number of nitriles is 1. The van der Waals surface area contributed by atoms with Crippen LogP contribution in [0.25, 0.3) is 78.1 Å². The molecule has 2 heterocycles. The average Bonchev–Trinajstić information content (AvgIpc) is 3.64. The van der Waals surface area contributed by atoms with Crippen molar-refractivity contribution in [3.8, 4) is 84.9 Å². The summed E-state index contributed by atoms with van der Waals surface area (Å²) < 4.78 is 6.85. The maximum absolute atomic E-state index is 9.46. The van der Waals surface area contributed by atoms with E-state index in [2.05, 4.69) is 158 Å². The fourth-order valence-electron chi connectivity index (χ4n) is 9.82. The zero-order valence-corrected chi connectivity index (χ0v) is 33.5. The van der Waals surface area contributed by atoms with Gasteiger partial charge >= 0.3 is 0 Å². The van der Waals surface area contributed by atoms with E-state index in [0.29, 0.717) is 11.4 Å². The Labute approximate surface area is 359 Å². The summed E-state index contributed by atoms with van der Waals surface area (Å²) in [5.41, 5.74) is 16.1. The minimum absolute atomic E-state index is 0.649. The summed E-state index contributed by atoms with van der Waals surface area (Å²) in [6, 6.07) is 76.7. The van der Waals surface area contributed by atoms with Crippen LogP contribution in [0.5, 0.6) is 11.5 Å². The average molecular weight is 790 g/mol. The quantitative estimate of drug-likeness (QED) is 0.174. The minimum Gasteiger partial charge on any atom is -0.457 e. The molecule has 62 heavy (non-hydrogen) atoms. The molecule has 1 aromatic heterocycles. The molecule has 1 spiro atoms. The number of hydrogen-bond donors (Lipinski definition) is 0. The summed E-state index contributed by atoms with van der Waals surface area (Å²) in [5.74, 6) is 2.29. The molecule has 1 atom stereocenters. The Bertz CT molecular complexity index is 3390. The molecule has 12 rings (SSSR count). The summed E-state index contributed by atoms with van der Waals surface area (Å²) >= 11 is 0. The van der Waals surface area contributed by atoms with Gasteiger partial charge in [0.15, 0.2) is 5.82 Å². The van der Waals surface area contributed by atoms with Gasteiger partial charge in [-0.05, 0) is 104 Å². The third kappa shape index (κ3) is 5.46. The summed E-state index contributed by atoms with van der Waals surface area (Å²) in [5, 5.41) is 11.8. The molecule has 10 aromatic rings. The first-order valence-electron chi connectivity index (χ1n) is 20.9. The number of para-hydroxylation sites is 1. The maximum Gasteiger partial charge on any atom is 0.160 e. The molecule has 288 valence electrons. The normalized spacial score (nSPS) is 14.3. The lowest BCUT2D eigenvalue weighted by atomic mass is 9.65. The van der Waals surface area contributed by atoms with Crippen LogP contribution in [0.3, 0.4) is 0 Å². The molecule has 4 nitrogen and oxygen atoms in total. The predicted molar refractivity (Wildman–Crippen MR) is 249 cm³/mol. The van der Waals surface area contributed by atoms with Crippen molar-refractivity contribution in [2.24, 2.45) is 0 Å². The van der Waals surface area contributed by atoms with Crippen LogP contribution in [-0.4, -0.2) is 9.97 Å². The van der Waals surface area contributed by atoms with Crippen molar-refractivity contribution in [1.29, 1.82) is 5.26 Å². The molecule has 2 aliphatic rings. The van der Waals surface area contributed by atoms with Crippen molar-refractivity contribution < 1.29 is 4.74 Å². The highest BCUT2D eigenvalue weighted by atomic mass is 16.5. The number of nitrogens with zero attached hydrogens (tertiary/aromatic N) is 3. The molecule has 1 aliphatic heterocycles. The van der Waals surface area contributed by atoms with Crippen LogP contribution in [0.15, 0.2) is 212 Å². The first-order chi connectivity index (χ1) is 30.7. The lowest BCUT2D eigenvalue weighted by Gasteiger charge is -2.39. The Morgan fingerprint density at radius 1 is 0.371 bits per heavy atom. The molecule has 0 radical (unpaired) electrons. The van der Waals surface area contributed by atoms with Gasteiger partial charge < -0.3 is 4.74 Å². The van der Waals surface area contributed by atoms with Crippen LogP contribution >= 0.6 is 0 Å². The number of benzene rings is 9. The van der Waals surface area contributed by atoms with Crippen molar-refractivity contribution in [2.75, 3.05) is 0 Å². The Kier molecular flexibility index (Phi) is 8.10. The van der Waals surface area contributed by atoms with E-state index in [4.69, 9.17) is 14.7 Å². The third-order valence-electron chi connectivity index (χ3n) is 12.6. The van der Waals surface area contributed by atoms with E-state index in [9.17, 15) is 5.26 Å². The monoisotopic (exact) mass is 789 g/mol. The number of fused-ring (bicyclic) bond motifs is 10. The van der Waals surface area contributed by atoms with E-state index in [-0.39, 0.29) is 0 Å². The molecule has 0 saturated carbocycles. The second kappa shape index (κ2) is 14.1. The molecule has 0 bridgehead atoms. The lowest BCUT2D eigenvalue weighted by molar-refractivity contribution is 0.436. The second-order valence-corrected chi connectivity index (χ2v) is 16.0. The van der Waals surface area contributed by atoms with Crippen LogP contribution in [-0.2, 0) is 5.41 Å². The second-order valence-electron chi connectivity index (χ2n) is 16.0. The van der Waals surface area contributed by atoms with Crippen molar-refractivity contribution in [3.63, 3.8) is 0 Å². The molecule has 9 aromatic carbocycles. The van der Waals surface area contributed by atoms with Crippen LogP contribution in [0, 0.1) is 11.3 Å². The van der Waals surface area contributed by atoms with E-state index in [1.165, 1.54) is 27.6 Å². The third-order valence-corrected chi connectivity index (χ3v) is 12.6. The fraction of sp³-hybridized carbons (Fsp3) is 0.0172. The van der Waals surface area contributed by atoms with Gasteiger partial charge in [-0.2, -0.15) is 5.26 Å². The smallest absolute Gasteiger partial charge is 0.160 e. The Hall–Kier alpha value is -8.39. The Morgan fingerprint density at radius 3 is 1.58 bits per heavy atom. The van der Waals surface area contributed by atoms with E-state index >= 15 is 0 Å². The number of rotatable bonds is 5. The highest BCUT2D eigenvalue weighted by Crippen LogP contribution is 2.63.